The molecule has 6 nitrogen and oxygen atoms in total. The van der Waals surface area contributed by atoms with E-state index in [9.17, 15) is 22.8 Å². The topological polar surface area (TPSA) is 66.7 Å². The van der Waals surface area contributed by atoms with Crippen molar-refractivity contribution in [3.05, 3.63) is 39.2 Å². The van der Waals surface area contributed by atoms with Gasteiger partial charge in [-0.1, -0.05) is 0 Å². The van der Waals surface area contributed by atoms with E-state index in [4.69, 9.17) is 4.42 Å². The summed E-state index contributed by atoms with van der Waals surface area (Å²) in [6.45, 7) is 2.60. The van der Waals surface area contributed by atoms with Crippen molar-refractivity contribution in [2.45, 2.75) is 38.4 Å². The number of nitrogens with zero attached hydrogens (tertiary/aromatic N) is 3. The Bertz CT molecular complexity index is 921. The number of piperazine rings is 1. The second kappa shape index (κ2) is 6.91. The van der Waals surface area contributed by atoms with Crippen LogP contribution in [0.2, 0.25) is 0 Å². The van der Waals surface area contributed by atoms with Gasteiger partial charge >= 0.3 is 6.18 Å². The Morgan fingerprint density at radius 3 is 2.71 bits per heavy atom. The molecule has 1 saturated heterocycles. The second-order valence-corrected chi connectivity index (χ2v) is 8.08. The lowest BCUT2D eigenvalue weighted by molar-refractivity contribution is -0.137. The van der Waals surface area contributed by atoms with Gasteiger partial charge in [0, 0.05) is 31.2 Å². The Balaban J connectivity index is 1.44. The van der Waals surface area contributed by atoms with Crippen LogP contribution in [-0.2, 0) is 19.0 Å². The highest BCUT2D eigenvalue weighted by Crippen LogP contribution is 2.33. The van der Waals surface area contributed by atoms with Crippen molar-refractivity contribution in [3.63, 3.8) is 0 Å². The van der Waals surface area contributed by atoms with Gasteiger partial charge in [0.2, 0.25) is 0 Å². The molecule has 4 rings (SSSR count). The number of amides is 2. The smallest absolute Gasteiger partial charge is 0.443 e. The number of alkyl halides is 3. The molecule has 0 radical (unpaired) electrons. The maximum Gasteiger partial charge on any atom is 0.443 e. The molecule has 10 heteroatoms. The Labute approximate surface area is 162 Å². The SMILES string of the molecule is CC1CN(C(=O)c2cnc(C(F)(F)F)s2)CCN1C(=O)c1occ2c1CCC2. The van der Waals surface area contributed by atoms with Crippen LogP contribution in [0.5, 0.6) is 0 Å². The van der Waals surface area contributed by atoms with Gasteiger partial charge in [-0.2, -0.15) is 13.2 Å². The van der Waals surface area contributed by atoms with Gasteiger partial charge in [0.25, 0.3) is 11.8 Å². The van der Waals surface area contributed by atoms with Crippen molar-refractivity contribution in [1.29, 1.82) is 0 Å². The molecule has 0 saturated carbocycles. The fourth-order valence-corrected chi connectivity index (χ4v) is 4.52. The van der Waals surface area contributed by atoms with Crippen molar-refractivity contribution in [1.82, 2.24) is 14.8 Å². The molecule has 0 N–H and O–H groups in total. The number of thiazole rings is 1. The van der Waals surface area contributed by atoms with E-state index < -0.39 is 17.1 Å². The van der Waals surface area contributed by atoms with E-state index in [0.717, 1.165) is 36.6 Å². The third-order valence-corrected chi connectivity index (χ3v) is 6.21. The number of carbonyl (C=O) groups excluding carboxylic acids is 2. The second-order valence-electron chi connectivity index (χ2n) is 7.05. The predicted molar refractivity (Wildman–Crippen MR) is 94.3 cm³/mol. The Kier molecular flexibility index (Phi) is 4.68. The van der Waals surface area contributed by atoms with Gasteiger partial charge in [-0.05, 0) is 31.7 Å². The largest absolute Gasteiger partial charge is 0.459 e. The van der Waals surface area contributed by atoms with E-state index in [1.165, 1.54) is 4.90 Å². The molecular formula is C18H18F3N3O3S. The minimum absolute atomic E-state index is 0.0526. The Morgan fingerprint density at radius 1 is 1.25 bits per heavy atom. The molecule has 2 aliphatic rings. The first-order valence-electron chi connectivity index (χ1n) is 8.98. The lowest BCUT2D eigenvalue weighted by Gasteiger charge is -2.39. The van der Waals surface area contributed by atoms with E-state index >= 15 is 0 Å². The number of aryl methyl sites for hydroxylation is 1. The molecule has 0 aromatic carbocycles. The number of furan rings is 1. The average Bonchev–Trinajstić information content (AvgIpc) is 3.36. The third-order valence-electron chi connectivity index (χ3n) is 5.18. The highest BCUT2D eigenvalue weighted by atomic mass is 32.1. The summed E-state index contributed by atoms with van der Waals surface area (Å²) in [4.78, 5) is 31.8. The number of hydrogen-bond acceptors (Lipinski definition) is 5. The zero-order valence-corrected chi connectivity index (χ0v) is 15.9. The molecule has 2 aromatic rings. The van der Waals surface area contributed by atoms with Gasteiger partial charge in [0.15, 0.2) is 10.8 Å². The minimum Gasteiger partial charge on any atom is -0.459 e. The molecule has 2 aromatic heterocycles. The number of hydrogen-bond donors (Lipinski definition) is 0. The monoisotopic (exact) mass is 413 g/mol. The molecule has 3 heterocycles. The van der Waals surface area contributed by atoms with Crippen molar-refractivity contribution >= 4 is 23.2 Å². The van der Waals surface area contributed by atoms with Gasteiger partial charge in [-0.25, -0.2) is 4.98 Å². The molecule has 2 amide bonds. The van der Waals surface area contributed by atoms with Crippen LogP contribution in [0.25, 0.3) is 0 Å². The third kappa shape index (κ3) is 3.30. The molecule has 1 unspecified atom stereocenters. The van der Waals surface area contributed by atoms with E-state index in [2.05, 4.69) is 4.98 Å². The van der Waals surface area contributed by atoms with Crippen molar-refractivity contribution in [3.8, 4) is 0 Å². The summed E-state index contributed by atoms with van der Waals surface area (Å²) in [5.41, 5.74) is 2.05. The fourth-order valence-electron chi connectivity index (χ4n) is 3.77. The first-order valence-corrected chi connectivity index (χ1v) is 9.80. The van der Waals surface area contributed by atoms with Crippen LogP contribution in [0.1, 0.15) is 49.7 Å². The molecule has 28 heavy (non-hydrogen) atoms. The highest BCUT2D eigenvalue weighted by molar-refractivity contribution is 7.13. The lowest BCUT2D eigenvalue weighted by atomic mass is 10.1. The summed E-state index contributed by atoms with van der Waals surface area (Å²) in [6, 6.07) is -0.276. The van der Waals surface area contributed by atoms with Crippen LogP contribution in [0.4, 0.5) is 13.2 Å². The van der Waals surface area contributed by atoms with Gasteiger partial charge in [0.1, 0.15) is 4.88 Å². The summed E-state index contributed by atoms with van der Waals surface area (Å²) in [5.74, 6) is -0.317. The number of fused-ring (bicyclic) bond motifs is 1. The molecule has 1 aliphatic heterocycles. The van der Waals surface area contributed by atoms with Crippen LogP contribution >= 0.6 is 11.3 Å². The maximum atomic E-state index is 12.9. The molecular weight excluding hydrogens is 395 g/mol. The van der Waals surface area contributed by atoms with Crippen molar-refractivity contribution in [2.24, 2.45) is 0 Å². The van der Waals surface area contributed by atoms with E-state index in [1.54, 1.807) is 11.2 Å². The van der Waals surface area contributed by atoms with Gasteiger partial charge in [-0.3, -0.25) is 9.59 Å². The van der Waals surface area contributed by atoms with Crippen molar-refractivity contribution in [2.75, 3.05) is 19.6 Å². The number of aromatic nitrogens is 1. The van der Waals surface area contributed by atoms with Crippen LogP contribution < -0.4 is 0 Å². The van der Waals surface area contributed by atoms with Crippen LogP contribution in [0, 0.1) is 0 Å². The zero-order chi connectivity index (χ0) is 20.1. The van der Waals surface area contributed by atoms with Crippen LogP contribution in [0.15, 0.2) is 16.9 Å². The molecule has 1 atom stereocenters. The molecule has 1 aliphatic carbocycles. The molecule has 1 fully saturated rings. The summed E-state index contributed by atoms with van der Waals surface area (Å²) in [5, 5.41) is -1.04. The minimum atomic E-state index is -4.56. The Hall–Kier alpha value is -2.36. The number of rotatable bonds is 2. The van der Waals surface area contributed by atoms with Crippen LogP contribution in [-0.4, -0.2) is 52.3 Å². The van der Waals surface area contributed by atoms with E-state index in [-0.39, 0.29) is 29.9 Å². The number of carbonyl (C=O) groups is 2. The molecule has 150 valence electrons. The van der Waals surface area contributed by atoms with Gasteiger partial charge < -0.3 is 14.2 Å². The first-order chi connectivity index (χ1) is 13.3. The Morgan fingerprint density at radius 2 is 2.04 bits per heavy atom. The lowest BCUT2D eigenvalue weighted by Crippen LogP contribution is -2.55. The fraction of sp³-hybridized carbons (Fsp3) is 0.500. The maximum absolute atomic E-state index is 12.9. The zero-order valence-electron chi connectivity index (χ0n) is 15.1. The van der Waals surface area contributed by atoms with E-state index in [1.807, 2.05) is 6.92 Å². The first kappa shape index (κ1) is 19.0. The predicted octanol–water partition coefficient (Wildman–Crippen LogP) is 3.23. The normalized spacial score (nSPS) is 19.8. The molecule has 0 spiro atoms. The quantitative estimate of drug-likeness (QED) is 0.758. The molecule has 0 bridgehead atoms. The average molecular weight is 413 g/mol. The van der Waals surface area contributed by atoms with E-state index in [0.29, 0.717) is 23.6 Å². The summed E-state index contributed by atoms with van der Waals surface area (Å²) < 4.78 is 43.6. The summed E-state index contributed by atoms with van der Waals surface area (Å²) in [6.07, 6.45) is 0.788. The van der Waals surface area contributed by atoms with Gasteiger partial charge in [0.05, 0.1) is 12.5 Å². The summed E-state index contributed by atoms with van der Waals surface area (Å²) in [7, 11) is 0. The summed E-state index contributed by atoms with van der Waals surface area (Å²) >= 11 is 0.339. The van der Waals surface area contributed by atoms with Crippen LogP contribution in [0.3, 0.4) is 0 Å². The highest BCUT2D eigenvalue weighted by Gasteiger charge is 2.37. The van der Waals surface area contributed by atoms with Gasteiger partial charge in [-0.15, -0.1) is 11.3 Å². The number of halogens is 3. The standard InChI is InChI=1S/C18H18F3N3O3S/c1-10-8-23(15(25)13-7-22-17(28-13)18(19,20)21)5-6-24(10)16(26)14-12-4-2-3-11(12)9-27-14/h7,9-10H,2-6,8H2,1H3. The van der Waals surface area contributed by atoms with Crippen molar-refractivity contribution < 1.29 is 27.2 Å².